The number of amides is 4. The summed E-state index contributed by atoms with van der Waals surface area (Å²) in [4.78, 5) is 40.0. The molecule has 2 unspecified atom stereocenters. The number of aryl methyl sites for hydroxylation is 1. The van der Waals surface area contributed by atoms with Crippen molar-refractivity contribution in [3.05, 3.63) is 101 Å². The fourth-order valence-corrected chi connectivity index (χ4v) is 4.76. The third-order valence-corrected chi connectivity index (χ3v) is 6.50. The van der Waals surface area contributed by atoms with Crippen LogP contribution < -0.4 is 15.4 Å². The van der Waals surface area contributed by atoms with Crippen LogP contribution in [0, 0.1) is 5.82 Å². The Morgan fingerprint density at radius 3 is 2.54 bits per heavy atom. The number of fused-ring (bicyclic) bond motifs is 2. The van der Waals surface area contributed by atoms with Crippen molar-refractivity contribution in [3.8, 4) is 5.75 Å². The molecule has 1 fully saturated rings. The number of rotatable bonds is 7. The Kier molecular flexibility index (Phi) is 5.94. The van der Waals surface area contributed by atoms with Gasteiger partial charge in [-0.05, 0) is 41.7 Å². The lowest BCUT2D eigenvalue weighted by Gasteiger charge is -2.23. The van der Waals surface area contributed by atoms with Crippen LogP contribution in [0.3, 0.4) is 0 Å². The molecule has 3 aromatic rings. The van der Waals surface area contributed by atoms with E-state index in [-0.39, 0.29) is 12.4 Å². The minimum absolute atomic E-state index is 0.0336. The van der Waals surface area contributed by atoms with Crippen LogP contribution in [0.2, 0.25) is 0 Å². The molecule has 0 radical (unpaired) electrons. The second kappa shape index (κ2) is 9.21. The molecule has 178 valence electrons. The lowest BCUT2D eigenvalue weighted by atomic mass is 9.92. The first-order valence-corrected chi connectivity index (χ1v) is 11.4. The third-order valence-electron chi connectivity index (χ3n) is 6.50. The zero-order valence-corrected chi connectivity index (χ0v) is 18.9. The maximum Gasteiger partial charge on any atom is 0.325 e. The number of imide groups is 1. The highest BCUT2D eigenvalue weighted by Gasteiger charge is 2.55. The number of urea groups is 1. The van der Waals surface area contributed by atoms with E-state index in [9.17, 15) is 18.8 Å². The van der Waals surface area contributed by atoms with Crippen LogP contribution in [0.4, 0.5) is 9.18 Å². The molecule has 0 saturated carbocycles. The fraction of sp³-hybridized carbons (Fsp3) is 0.222. The lowest BCUT2D eigenvalue weighted by Crippen LogP contribution is -2.45. The molecule has 3 aromatic carbocycles. The molecule has 7 nitrogen and oxygen atoms in total. The Morgan fingerprint density at radius 1 is 1.03 bits per heavy atom. The predicted octanol–water partition coefficient (Wildman–Crippen LogP) is 3.46. The number of hydrogen-bond acceptors (Lipinski definition) is 4. The van der Waals surface area contributed by atoms with Crippen LogP contribution in [0.5, 0.6) is 5.75 Å². The van der Waals surface area contributed by atoms with Crippen LogP contribution in [-0.2, 0) is 21.5 Å². The van der Waals surface area contributed by atoms with Crippen molar-refractivity contribution < 1.29 is 23.5 Å². The molecule has 1 aliphatic heterocycles. The molecule has 1 aliphatic carbocycles. The summed E-state index contributed by atoms with van der Waals surface area (Å²) < 4.78 is 19.6. The summed E-state index contributed by atoms with van der Waals surface area (Å²) in [7, 11) is 0. The summed E-state index contributed by atoms with van der Waals surface area (Å²) in [6.07, 6.45) is 1.13. The van der Waals surface area contributed by atoms with E-state index in [2.05, 4.69) is 10.6 Å². The molecule has 2 N–H and O–H groups in total. The van der Waals surface area contributed by atoms with Gasteiger partial charge in [0.1, 0.15) is 18.7 Å². The molecule has 1 heterocycles. The summed E-state index contributed by atoms with van der Waals surface area (Å²) >= 11 is 0. The molecule has 0 aromatic heterocycles. The van der Waals surface area contributed by atoms with Crippen molar-refractivity contribution in [2.45, 2.75) is 24.4 Å². The Labute approximate surface area is 201 Å². The summed E-state index contributed by atoms with van der Waals surface area (Å²) in [5, 5.41) is 5.65. The first kappa shape index (κ1) is 22.6. The van der Waals surface area contributed by atoms with Gasteiger partial charge in [0.25, 0.3) is 5.91 Å². The molecule has 8 heteroatoms. The van der Waals surface area contributed by atoms with Gasteiger partial charge >= 0.3 is 6.03 Å². The topological polar surface area (TPSA) is 87.7 Å². The van der Waals surface area contributed by atoms with E-state index in [0.29, 0.717) is 12.8 Å². The number of benzene rings is 3. The smallest absolute Gasteiger partial charge is 0.325 e. The highest BCUT2D eigenvalue weighted by molar-refractivity contribution is 6.09. The van der Waals surface area contributed by atoms with E-state index >= 15 is 0 Å². The second-order valence-electron chi connectivity index (χ2n) is 8.66. The van der Waals surface area contributed by atoms with E-state index in [4.69, 9.17) is 4.74 Å². The molecular weight excluding hydrogens is 449 g/mol. The quantitative estimate of drug-likeness (QED) is 0.515. The zero-order valence-electron chi connectivity index (χ0n) is 18.9. The Bertz CT molecular complexity index is 1280. The van der Waals surface area contributed by atoms with Gasteiger partial charge < -0.3 is 15.4 Å². The predicted molar refractivity (Wildman–Crippen MR) is 126 cm³/mol. The van der Waals surface area contributed by atoms with Crippen molar-refractivity contribution in [2.24, 2.45) is 0 Å². The van der Waals surface area contributed by atoms with Crippen LogP contribution in [0.25, 0.3) is 0 Å². The maximum absolute atomic E-state index is 14.0. The number of halogens is 1. The van der Waals surface area contributed by atoms with Gasteiger partial charge in [0, 0.05) is 0 Å². The second-order valence-corrected chi connectivity index (χ2v) is 8.66. The third kappa shape index (κ3) is 4.23. The molecule has 5 rings (SSSR count). The summed E-state index contributed by atoms with van der Waals surface area (Å²) in [6.45, 7) is -0.467. The average Bonchev–Trinajstić information content (AvgIpc) is 3.36. The first-order valence-electron chi connectivity index (χ1n) is 11.4. The van der Waals surface area contributed by atoms with Gasteiger partial charge in [-0.15, -0.1) is 0 Å². The highest BCUT2D eigenvalue weighted by atomic mass is 19.1. The molecule has 0 bridgehead atoms. The Hall–Kier alpha value is -4.20. The standard InChI is InChI=1S/C27H24FN3O4/c28-21-12-6-7-13-23(21)35-17-22(19-9-2-1-3-10-19)29-24(32)16-31-25(33)27(30-26(31)34)15-14-18-8-4-5-11-20(18)27/h1-13,22H,14-17H2,(H,29,32)(H,30,34). The molecule has 1 spiro atoms. The molecule has 2 atom stereocenters. The van der Waals surface area contributed by atoms with E-state index in [1.54, 1.807) is 12.1 Å². The summed E-state index contributed by atoms with van der Waals surface area (Å²) in [6, 6.07) is 21.4. The van der Waals surface area contributed by atoms with Crippen molar-refractivity contribution >= 4 is 17.8 Å². The molecule has 1 saturated heterocycles. The molecular formula is C27H24FN3O4. The maximum atomic E-state index is 14.0. The number of ether oxygens (including phenoxy) is 1. The largest absolute Gasteiger partial charge is 0.488 e. The van der Waals surface area contributed by atoms with Gasteiger partial charge in [-0.2, -0.15) is 0 Å². The van der Waals surface area contributed by atoms with Crippen molar-refractivity contribution in [1.29, 1.82) is 0 Å². The zero-order chi connectivity index (χ0) is 24.4. The molecule has 2 aliphatic rings. The number of nitrogens with one attached hydrogen (secondary N) is 2. The summed E-state index contributed by atoms with van der Waals surface area (Å²) in [5.74, 6) is -1.39. The van der Waals surface area contributed by atoms with Crippen LogP contribution in [0.15, 0.2) is 78.9 Å². The lowest BCUT2D eigenvalue weighted by molar-refractivity contribution is -0.135. The van der Waals surface area contributed by atoms with Crippen molar-refractivity contribution in [1.82, 2.24) is 15.5 Å². The van der Waals surface area contributed by atoms with Crippen molar-refractivity contribution in [3.63, 3.8) is 0 Å². The van der Waals surface area contributed by atoms with Gasteiger partial charge in [0.15, 0.2) is 11.6 Å². The number of nitrogens with zero attached hydrogens (tertiary/aromatic N) is 1. The highest BCUT2D eigenvalue weighted by Crippen LogP contribution is 2.41. The first-order chi connectivity index (χ1) is 17.0. The SMILES string of the molecule is O=C(CN1C(=O)NC2(CCc3ccccc32)C1=O)NC(COc1ccccc1F)c1ccccc1. The number of para-hydroxylation sites is 1. The van der Waals surface area contributed by atoms with Gasteiger partial charge in [-0.3, -0.25) is 14.5 Å². The fourth-order valence-electron chi connectivity index (χ4n) is 4.76. The Balaban J connectivity index is 1.30. The van der Waals surface area contributed by atoms with Gasteiger partial charge in [0.05, 0.1) is 6.04 Å². The number of carbonyl (C=O) groups excluding carboxylic acids is 3. The molecule has 4 amide bonds. The van der Waals surface area contributed by atoms with E-state index in [1.807, 2.05) is 54.6 Å². The minimum atomic E-state index is -1.12. The summed E-state index contributed by atoms with van der Waals surface area (Å²) in [5.41, 5.74) is 1.42. The number of hydrogen-bond donors (Lipinski definition) is 2. The number of carbonyl (C=O) groups is 3. The van der Waals surface area contributed by atoms with Crippen LogP contribution >= 0.6 is 0 Å². The average molecular weight is 474 g/mol. The van der Waals surface area contributed by atoms with Crippen LogP contribution in [-0.4, -0.2) is 35.9 Å². The normalized spacial score (nSPS) is 19.4. The monoisotopic (exact) mass is 473 g/mol. The Morgan fingerprint density at radius 2 is 1.74 bits per heavy atom. The van der Waals surface area contributed by atoms with Gasteiger partial charge in [-0.1, -0.05) is 66.7 Å². The van der Waals surface area contributed by atoms with Crippen LogP contribution in [0.1, 0.15) is 29.2 Å². The van der Waals surface area contributed by atoms with Gasteiger partial charge in [-0.25, -0.2) is 9.18 Å². The van der Waals surface area contributed by atoms with Crippen molar-refractivity contribution in [2.75, 3.05) is 13.2 Å². The van der Waals surface area contributed by atoms with Gasteiger partial charge in [0.2, 0.25) is 5.91 Å². The molecule has 35 heavy (non-hydrogen) atoms. The van der Waals surface area contributed by atoms with E-state index in [0.717, 1.165) is 21.6 Å². The van der Waals surface area contributed by atoms with E-state index in [1.165, 1.54) is 12.1 Å². The van der Waals surface area contributed by atoms with E-state index < -0.39 is 41.8 Å². The minimum Gasteiger partial charge on any atom is -0.488 e.